The van der Waals surface area contributed by atoms with Gasteiger partial charge >= 0.3 is 5.97 Å². The number of rotatable bonds is 3. The lowest BCUT2D eigenvalue weighted by Gasteiger charge is -1.96. The fourth-order valence-electron chi connectivity index (χ4n) is 0.215. The summed E-state index contributed by atoms with van der Waals surface area (Å²) in [5.41, 5.74) is 6.29. The van der Waals surface area contributed by atoms with Crippen molar-refractivity contribution in [2.45, 2.75) is 6.92 Å². The van der Waals surface area contributed by atoms with E-state index in [1.54, 1.807) is 0 Å². The van der Waals surface area contributed by atoms with E-state index in [0.717, 1.165) is 0 Å². The third kappa shape index (κ3) is 2.28. The summed E-state index contributed by atoms with van der Waals surface area (Å²) in [6, 6.07) is 0. The molecule has 0 fully saturated rings. The van der Waals surface area contributed by atoms with Crippen LogP contribution >= 0.6 is 0 Å². The quantitative estimate of drug-likeness (QED) is 0.533. The van der Waals surface area contributed by atoms with Gasteiger partial charge in [0.1, 0.15) is 0 Å². The summed E-state index contributed by atoms with van der Waals surface area (Å²) in [5, 5.41) is 11.1. The maximum absolute atomic E-state index is 9.95. The van der Waals surface area contributed by atoms with Crippen molar-refractivity contribution in [3.8, 4) is 0 Å². The average molecular weight is 116 g/mol. The van der Waals surface area contributed by atoms with Gasteiger partial charge in [-0.2, -0.15) is 5.11 Å². The molecule has 0 radical (unpaired) electrons. The first-order valence-electron chi connectivity index (χ1n) is 2.24. The van der Waals surface area contributed by atoms with E-state index in [1.807, 2.05) is 0 Å². The molecule has 0 bridgehead atoms. The molecular formula is C4H8N2O2. The molecule has 4 nitrogen and oxygen atoms in total. The minimum Gasteiger partial charge on any atom is -0.481 e. The molecule has 1 atom stereocenters. The molecule has 2 N–H and O–H groups in total. The van der Waals surface area contributed by atoms with Gasteiger partial charge in [0.15, 0.2) is 0 Å². The molecule has 0 saturated carbocycles. The monoisotopic (exact) mass is 116 g/mol. The second-order valence-corrected chi connectivity index (χ2v) is 1.58. The molecule has 0 aliphatic heterocycles. The molecule has 0 spiro atoms. The van der Waals surface area contributed by atoms with E-state index in [4.69, 9.17) is 10.6 Å². The van der Waals surface area contributed by atoms with Crippen molar-refractivity contribution in [1.82, 2.24) is 0 Å². The summed E-state index contributed by atoms with van der Waals surface area (Å²) in [7, 11) is 0. The first kappa shape index (κ1) is 7.07. The average Bonchev–Trinajstić information content (AvgIpc) is 1.67. The van der Waals surface area contributed by atoms with Crippen LogP contribution < -0.4 is 0 Å². The van der Waals surface area contributed by atoms with Crippen molar-refractivity contribution >= 4 is 5.97 Å². The molecule has 0 saturated heterocycles. The van der Waals surface area contributed by atoms with E-state index in [1.165, 1.54) is 6.92 Å². The van der Waals surface area contributed by atoms with Gasteiger partial charge in [0.05, 0.1) is 12.5 Å². The molecular weight excluding hydrogens is 108 g/mol. The molecule has 46 valence electrons. The summed E-state index contributed by atoms with van der Waals surface area (Å²) in [4.78, 5) is 9.95. The molecule has 8 heavy (non-hydrogen) atoms. The third-order valence-corrected chi connectivity index (χ3v) is 0.787. The number of carboxylic acids is 1. The molecule has 0 rings (SSSR count). The van der Waals surface area contributed by atoms with Crippen LogP contribution in [0.2, 0.25) is 0 Å². The maximum Gasteiger partial charge on any atom is 0.308 e. The van der Waals surface area contributed by atoms with Crippen molar-refractivity contribution in [3.63, 3.8) is 0 Å². The zero-order chi connectivity index (χ0) is 6.57. The predicted molar refractivity (Wildman–Crippen MR) is 26.8 cm³/mol. The van der Waals surface area contributed by atoms with Crippen LogP contribution in [0, 0.1) is 11.4 Å². The number of carbonyl (C=O) groups is 1. The Bertz CT molecular complexity index is 102. The minimum atomic E-state index is -0.902. The first-order valence-corrected chi connectivity index (χ1v) is 2.24. The molecule has 0 aromatic carbocycles. The summed E-state index contributed by atoms with van der Waals surface area (Å²) in [6.07, 6.45) is 0. The Morgan fingerprint density at radius 3 is 2.62 bits per heavy atom. The Kier molecular flexibility index (Phi) is 2.76. The van der Waals surface area contributed by atoms with Gasteiger partial charge in [0.25, 0.3) is 0 Å². The van der Waals surface area contributed by atoms with Crippen LogP contribution in [0.3, 0.4) is 0 Å². The number of nitrogens with one attached hydrogen (secondary N) is 1. The van der Waals surface area contributed by atoms with Crippen LogP contribution in [0.1, 0.15) is 6.92 Å². The normalized spacial score (nSPS) is 12.6. The van der Waals surface area contributed by atoms with Gasteiger partial charge in [0, 0.05) is 0 Å². The molecule has 4 heteroatoms. The van der Waals surface area contributed by atoms with Crippen LogP contribution in [0.4, 0.5) is 0 Å². The van der Waals surface area contributed by atoms with Crippen molar-refractivity contribution in [2.24, 2.45) is 11.0 Å². The van der Waals surface area contributed by atoms with Gasteiger partial charge in [-0.25, -0.2) is 5.53 Å². The summed E-state index contributed by atoms with van der Waals surface area (Å²) in [6.45, 7) is 1.59. The van der Waals surface area contributed by atoms with Gasteiger partial charge in [-0.1, -0.05) is 6.92 Å². The Balaban J connectivity index is 3.46. The Labute approximate surface area is 47.0 Å². The van der Waals surface area contributed by atoms with E-state index in [2.05, 4.69) is 5.11 Å². The lowest BCUT2D eigenvalue weighted by molar-refractivity contribution is -0.140. The second-order valence-electron chi connectivity index (χ2n) is 1.58. The van der Waals surface area contributed by atoms with E-state index < -0.39 is 11.9 Å². The van der Waals surface area contributed by atoms with Gasteiger partial charge in [-0.3, -0.25) is 4.79 Å². The smallest absolute Gasteiger partial charge is 0.308 e. The minimum absolute atomic E-state index is 0.0787. The molecule has 0 unspecified atom stereocenters. The zero-order valence-corrected chi connectivity index (χ0v) is 4.59. The van der Waals surface area contributed by atoms with Crippen molar-refractivity contribution < 1.29 is 9.90 Å². The second kappa shape index (κ2) is 3.12. The summed E-state index contributed by atoms with van der Waals surface area (Å²) >= 11 is 0. The van der Waals surface area contributed by atoms with Crippen LogP contribution in [-0.2, 0) is 4.79 Å². The van der Waals surface area contributed by atoms with Crippen molar-refractivity contribution in [3.05, 3.63) is 0 Å². The van der Waals surface area contributed by atoms with E-state index in [9.17, 15) is 4.79 Å². The van der Waals surface area contributed by atoms with Crippen LogP contribution in [0.15, 0.2) is 5.11 Å². The Morgan fingerprint density at radius 2 is 2.50 bits per heavy atom. The van der Waals surface area contributed by atoms with Crippen LogP contribution in [-0.4, -0.2) is 17.6 Å². The predicted octanol–water partition coefficient (Wildman–Crippen LogP) is 0.738. The van der Waals surface area contributed by atoms with Gasteiger partial charge < -0.3 is 5.11 Å². The fourth-order valence-corrected chi connectivity index (χ4v) is 0.215. The largest absolute Gasteiger partial charge is 0.481 e. The van der Waals surface area contributed by atoms with Gasteiger partial charge in [0.2, 0.25) is 0 Å². The highest BCUT2D eigenvalue weighted by Gasteiger charge is 2.07. The molecule has 0 aromatic heterocycles. The molecule has 0 amide bonds. The first-order chi connectivity index (χ1) is 3.68. The van der Waals surface area contributed by atoms with Crippen molar-refractivity contribution in [2.75, 3.05) is 6.54 Å². The Morgan fingerprint density at radius 1 is 2.00 bits per heavy atom. The van der Waals surface area contributed by atoms with E-state index >= 15 is 0 Å². The number of aliphatic carboxylic acids is 1. The Hall–Kier alpha value is -0.930. The standard InChI is InChI=1S/C4H8N2O2/c1-3(2-6-5)4(7)8/h3,5H,2H2,1H3,(H,7,8)/t3-/m1/s1. The topological polar surface area (TPSA) is 73.5 Å². The molecule has 0 heterocycles. The zero-order valence-electron chi connectivity index (χ0n) is 4.59. The number of hydrogen-bond donors (Lipinski definition) is 2. The lowest BCUT2D eigenvalue weighted by Crippen LogP contribution is -2.11. The lowest BCUT2D eigenvalue weighted by atomic mass is 10.2. The van der Waals surface area contributed by atoms with E-state index in [0.29, 0.717) is 0 Å². The van der Waals surface area contributed by atoms with Crippen LogP contribution in [0.5, 0.6) is 0 Å². The maximum atomic E-state index is 9.95. The van der Waals surface area contributed by atoms with Gasteiger partial charge in [-0.15, -0.1) is 0 Å². The fraction of sp³-hybridized carbons (Fsp3) is 0.750. The van der Waals surface area contributed by atoms with Crippen LogP contribution in [0.25, 0.3) is 0 Å². The highest BCUT2D eigenvalue weighted by atomic mass is 16.4. The number of nitrogens with zero attached hydrogens (tertiary/aromatic N) is 1. The highest BCUT2D eigenvalue weighted by molar-refractivity contribution is 5.69. The van der Waals surface area contributed by atoms with Gasteiger partial charge in [-0.05, 0) is 0 Å². The molecule has 0 aliphatic rings. The molecule has 0 aliphatic carbocycles. The van der Waals surface area contributed by atoms with Crippen molar-refractivity contribution in [1.29, 1.82) is 5.53 Å². The summed E-state index contributed by atoms with van der Waals surface area (Å²) in [5.74, 6) is -1.42. The highest BCUT2D eigenvalue weighted by Crippen LogP contribution is 1.92. The third-order valence-electron chi connectivity index (χ3n) is 0.787. The summed E-state index contributed by atoms with van der Waals surface area (Å²) < 4.78 is 0. The number of carboxylic acid groups (broad SMARTS) is 1. The number of hydrogen-bond acceptors (Lipinski definition) is 3. The van der Waals surface area contributed by atoms with E-state index in [-0.39, 0.29) is 6.54 Å². The molecule has 0 aromatic rings. The SMILES string of the molecule is C[C@H](CN=N)C(=O)O.